The SMILES string of the molecule is Cc1nc(-c2ccccn2)sc1C(C)(C)Cc1ccc2c(CCC(C)(C)C)c[nH]c2c1. The predicted molar refractivity (Wildman–Crippen MR) is 133 cm³/mol. The van der Waals surface area contributed by atoms with Crippen LogP contribution in [0.15, 0.2) is 48.8 Å². The molecule has 4 aromatic rings. The minimum absolute atomic E-state index is 0.00408. The third-order valence-corrected chi connectivity index (χ3v) is 7.46. The topological polar surface area (TPSA) is 41.6 Å². The number of thiazole rings is 1. The van der Waals surface area contributed by atoms with Crippen molar-refractivity contribution in [1.29, 1.82) is 0 Å². The van der Waals surface area contributed by atoms with Crippen LogP contribution in [0.1, 0.15) is 62.7 Å². The fourth-order valence-electron chi connectivity index (χ4n) is 4.27. The highest BCUT2D eigenvalue weighted by atomic mass is 32.1. The molecule has 4 rings (SSSR count). The Labute approximate surface area is 190 Å². The Hall–Kier alpha value is -2.46. The van der Waals surface area contributed by atoms with Crippen LogP contribution >= 0.6 is 11.3 Å². The molecule has 4 heteroatoms. The van der Waals surface area contributed by atoms with Crippen LogP contribution < -0.4 is 0 Å². The molecule has 0 aliphatic carbocycles. The number of fused-ring (bicyclic) bond motifs is 1. The van der Waals surface area contributed by atoms with E-state index < -0.39 is 0 Å². The molecule has 3 nitrogen and oxygen atoms in total. The van der Waals surface area contributed by atoms with Crippen LogP contribution in [-0.2, 0) is 18.3 Å². The summed E-state index contributed by atoms with van der Waals surface area (Å²) in [4.78, 5) is 14.2. The summed E-state index contributed by atoms with van der Waals surface area (Å²) in [6, 6.07) is 12.9. The van der Waals surface area contributed by atoms with Gasteiger partial charge in [0, 0.05) is 33.6 Å². The van der Waals surface area contributed by atoms with Gasteiger partial charge in [-0.15, -0.1) is 11.3 Å². The van der Waals surface area contributed by atoms with E-state index in [4.69, 9.17) is 4.98 Å². The minimum atomic E-state index is 0.00408. The van der Waals surface area contributed by atoms with Gasteiger partial charge in [0.05, 0.1) is 11.4 Å². The molecule has 0 aliphatic rings. The molecule has 0 spiro atoms. The van der Waals surface area contributed by atoms with E-state index >= 15 is 0 Å². The molecule has 3 aromatic heterocycles. The van der Waals surface area contributed by atoms with Gasteiger partial charge in [0.1, 0.15) is 5.01 Å². The van der Waals surface area contributed by atoms with E-state index in [-0.39, 0.29) is 5.41 Å². The van der Waals surface area contributed by atoms with Gasteiger partial charge >= 0.3 is 0 Å². The van der Waals surface area contributed by atoms with Gasteiger partial charge in [-0.3, -0.25) is 4.98 Å². The maximum absolute atomic E-state index is 4.83. The van der Waals surface area contributed by atoms with Crippen molar-refractivity contribution in [3.8, 4) is 10.7 Å². The number of nitrogens with zero attached hydrogens (tertiary/aromatic N) is 2. The summed E-state index contributed by atoms with van der Waals surface area (Å²) in [5.41, 5.74) is 6.45. The normalized spacial score (nSPS) is 12.6. The molecule has 1 N–H and O–H groups in total. The zero-order valence-electron chi connectivity index (χ0n) is 19.5. The number of pyridine rings is 1. The van der Waals surface area contributed by atoms with Crippen LogP contribution in [0.2, 0.25) is 0 Å². The summed E-state index contributed by atoms with van der Waals surface area (Å²) >= 11 is 1.77. The summed E-state index contributed by atoms with van der Waals surface area (Å²) < 4.78 is 0. The van der Waals surface area contributed by atoms with Gasteiger partial charge in [0.25, 0.3) is 0 Å². The van der Waals surface area contributed by atoms with Crippen molar-refractivity contribution in [2.24, 2.45) is 5.41 Å². The van der Waals surface area contributed by atoms with Gasteiger partial charge in [-0.05, 0) is 60.9 Å². The number of hydrogen-bond acceptors (Lipinski definition) is 3. The molecule has 162 valence electrons. The average Bonchev–Trinajstić information content (AvgIpc) is 3.30. The Bertz CT molecular complexity index is 1180. The second-order valence-corrected chi connectivity index (χ2v) is 11.5. The number of aromatic nitrogens is 3. The number of benzene rings is 1. The predicted octanol–water partition coefficient (Wildman–Crippen LogP) is 7.49. The second kappa shape index (κ2) is 8.23. The lowest BCUT2D eigenvalue weighted by Crippen LogP contribution is -2.20. The van der Waals surface area contributed by atoms with Crippen LogP contribution in [0.3, 0.4) is 0 Å². The average molecular weight is 432 g/mol. The number of hydrogen-bond donors (Lipinski definition) is 1. The van der Waals surface area contributed by atoms with Gasteiger partial charge in [0.15, 0.2) is 0 Å². The van der Waals surface area contributed by atoms with E-state index in [1.165, 1.54) is 33.3 Å². The van der Waals surface area contributed by atoms with E-state index in [0.29, 0.717) is 5.41 Å². The number of H-pyrrole nitrogens is 1. The van der Waals surface area contributed by atoms with Crippen molar-refractivity contribution < 1.29 is 0 Å². The molecule has 0 radical (unpaired) electrons. The summed E-state index contributed by atoms with van der Waals surface area (Å²) in [6.07, 6.45) is 7.31. The molecule has 0 aliphatic heterocycles. The molecule has 0 atom stereocenters. The Morgan fingerprint density at radius 2 is 1.84 bits per heavy atom. The molecule has 3 heterocycles. The van der Waals surface area contributed by atoms with Crippen LogP contribution in [0.25, 0.3) is 21.6 Å². The molecule has 31 heavy (non-hydrogen) atoms. The standard InChI is InChI=1S/C27H33N3S/c1-18-24(31-25(30-18)22-9-7-8-14-28-22)27(5,6)16-19-10-11-21-20(12-13-26(2,3)4)17-29-23(21)15-19/h7-11,14-15,17,29H,12-13,16H2,1-6H3. The van der Waals surface area contributed by atoms with Crippen molar-refractivity contribution in [2.45, 2.75) is 66.2 Å². The maximum atomic E-state index is 4.83. The van der Waals surface area contributed by atoms with Gasteiger partial charge in [-0.25, -0.2) is 4.98 Å². The van der Waals surface area contributed by atoms with Crippen LogP contribution in [0.5, 0.6) is 0 Å². The maximum Gasteiger partial charge on any atom is 0.142 e. The monoisotopic (exact) mass is 431 g/mol. The first-order valence-electron chi connectivity index (χ1n) is 11.1. The van der Waals surface area contributed by atoms with E-state index in [1.807, 2.05) is 24.4 Å². The highest BCUT2D eigenvalue weighted by Gasteiger charge is 2.27. The first-order valence-corrected chi connectivity index (χ1v) is 11.9. The molecule has 0 unspecified atom stereocenters. The van der Waals surface area contributed by atoms with E-state index in [0.717, 1.165) is 29.2 Å². The molecule has 0 saturated heterocycles. The fraction of sp³-hybridized carbons (Fsp3) is 0.407. The zero-order valence-corrected chi connectivity index (χ0v) is 20.4. The lowest BCUT2D eigenvalue weighted by atomic mass is 9.83. The molecular formula is C27H33N3S. The highest BCUT2D eigenvalue weighted by molar-refractivity contribution is 7.15. The largest absolute Gasteiger partial charge is 0.361 e. The van der Waals surface area contributed by atoms with Crippen molar-refractivity contribution in [3.05, 3.63) is 70.5 Å². The molecule has 0 saturated carbocycles. The van der Waals surface area contributed by atoms with Gasteiger partial charge in [-0.1, -0.05) is 52.8 Å². The first-order chi connectivity index (χ1) is 14.6. The fourth-order valence-corrected chi connectivity index (χ4v) is 5.42. The Morgan fingerprint density at radius 3 is 2.55 bits per heavy atom. The number of nitrogens with one attached hydrogen (secondary N) is 1. The molecular weight excluding hydrogens is 398 g/mol. The molecule has 0 bridgehead atoms. The van der Waals surface area contributed by atoms with Crippen molar-refractivity contribution in [3.63, 3.8) is 0 Å². The smallest absolute Gasteiger partial charge is 0.142 e. The number of aryl methyl sites for hydroxylation is 2. The van der Waals surface area contributed by atoms with Crippen molar-refractivity contribution in [1.82, 2.24) is 15.0 Å². The number of rotatable bonds is 6. The van der Waals surface area contributed by atoms with Crippen LogP contribution in [0.4, 0.5) is 0 Å². The molecule has 0 amide bonds. The van der Waals surface area contributed by atoms with Crippen LogP contribution in [0, 0.1) is 12.3 Å². The summed E-state index contributed by atoms with van der Waals surface area (Å²) in [6.45, 7) is 13.7. The summed E-state index contributed by atoms with van der Waals surface area (Å²) in [7, 11) is 0. The van der Waals surface area contributed by atoms with Gasteiger partial charge in [-0.2, -0.15) is 0 Å². The Kier molecular flexibility index (Phi) is 5.78. The quantitative estimate of drug-likeness (QED) is 0.343. The molecule has 1 aromatic carbocycles. The van der Waals surface area contributed by atoms with E-state index in [1.54, 1.807) is 11.3 Å². The highest BCUT2D eigenvalue weighted by Crippen LogP contribution is 2.38. The van der Waals surface area contributed by atoms with E-state index in [2.05, 4.69) is 75.9 Å². The Morgan fingerprint density at radius 1 is 1.03 bits per heavy atom. The van der Waals surface area contributed by atoms with Gasteiger partial charge < -0.3 is 4.98 Å². The lowest BCUT2D eigenvalue weighted by molar-refractivity contribution is 0.378. The number of aromatic amines is 1. The minimum Gasteiger partial charge on any atom is -0.361 e. The first kappa shape index (κ1) is 21.8. The third-order valence-electron chi connectivity index (χ3n) is 5.92. The second-order valence-electron chi connectivity index (χ2n) is 10.5. The molecule has 0 fully saturated rings. The van der Waals surface area contributed by atoms with E-state index in [9.17, 15) is 0 Å². The Balaban J connectivity index is 1.56. The van der Waals surface area contributed by atoms with Gasteiger partial charge in [0.2, 0.25) is 0 Å². The summed E-state index contributed by atoms with van der Waals surface area (Å²) in [5, 5.41) is 2.36. The zero-order chi connectivity index (χ0) is 22.2. The summed E-state index contributed by atoms with van der Waals surface area (Å²) in [5.74, 6) is 0. The van der Waals surface area contributed by atoms with Crippen molar-refractivity contribution in [2.75, 3.05) is 0 Å². The lowest BCUT2D eigenvalue weighted by Gasteiger charge is -2.24. The van der Waals surface area contributed by atoms with Crippen LogP contribution in [-0.4, -0.2) is 15.0 Å². The third kappa shape index (κ3) is 4.90. The van der Waals surface area contributed by atoms with Crippen molar-refractivity contribution >= 4 is 22.2 Å².